The minimum absolute atomic E-state index is 0.285. The Morgan fingerprint density at radius 2 is 2.00 bits per heavy atom. The number of benzene rings is 1. The van der Waals surface area contributed by atoms with E-state index in [4.69, 9.17) is 5.11 Å². The molecule has 1 N–H and O–H groups in total. The Morgan fingerprint density at radius 3 is 2.50 bits per heavy atom. The van der Waals surface area contributed by atoms with E-state index in [1.165, 1.54) is 12.1 Å². The van der Waals surface area contributed by atoms with E-state index >= 15 is 0 Å². The number of carbonyl (C=O) groups is 1. The van der Waals surface area contributed by atoms with Gasteiger partial charge in [0.2, 0.25) is 0 Å². The summed E-state index contributed by atoms with van der Waals surface area (Å²) >= 11 is -0.829. The summed E-state index contributed by atoms with van der Waals surface area (Å²) in [5.74, 6) is -0.285. The summed E-state index contributed by atoms with van der Waals surface area (Å²) in [6.45, 7) is 0. The first kappa shape index (κ1) is 9.44. The Bertz CT molecular complexity index is 271. The van der Waals surface area contributed by atoms with E-state index in [0.717, 1.165) is 5.56 Å². The molecule has 0 spiro atoms. The molecule has 0 amide bonds. The predicted molar refractivity (Wildman–Crippen MR) is 38.1 cm³/mol. The monoisotopic (exact) mass is 281 g/mol. The molecule has 0 saturated carbocycles. The minimum atomic E-state index is -0.829. The molecule has 1 rings (SSSR count). The third-order valence-electron chi connectivity index (χ3n) is 1.25. The van der Waals surface area contributed by atoms with E-state index in [-0.39, 0.29) is 5.82 Å². The standard InChI is InChI=1S/C8H7FIO2/c9-7-3-1-6(2-4-7)5-10-8(11)12/h1-4H,5H2,(H,11,12)/q-1. The molecule has 0 aliphatic rings. The predicted octanol–water partition coefficient (Wildman–Crippen LogP) is -0.907. The molecule has 4 heteroatoms. The molecule has 0 aromatic heterocycles. The number of alkyl halides is 1. The molecule has 0 aliphatic carbocycles. The van der Waals surface area contributed by atoms with Gasteiger partial charge in [0, 0.05) is 0 Å². The summed E-state index contributed by atoms with van der Waals surface area (Å²) in [5, 5.41) is 8.40. The number of hydrogen-bond acceptors (Lipinski definition) is 1. The van der Waals surface area contributed by atoms with Crippen LogP contribution in [0.1, 0.15) is 5.56 Å². The van der Waals surface area contributed by atoms with Crippen LogP contribution in [0.5, 0.6) is 0 Å². The zero-order valence-electron chi connectivity index (χ0n) is 6.13. The summed E-state index contributed by atoms with van der Waals surface area (Å²) in [4.78, 5) is 10.2. The van der Waals surface area contributed by atoms with Crippen LogP contribution < -0.4 is 21.2 Å². The molecule has 0 bridgehead atoms. The molecule has 12 heavy (non-hydrogen) atoms. The third-order valence-corrected chi connectivity index (χ3v) is 3.16. The third kappa shape index (κ3) is 3.17. The van der Waals surface area contributed by atoms with Crippen molar-refractivity contribution in [2.75, 3.05) is 0 Å². The van der Waals surface area contributed by atoms with Gasteiger partial charge in [-0.15, -0.1) is 0 Å². The molecular formula is C8H7FIO2-. The quantitative estimate of drug-likeness (QED) is 0.442. The van der Waals surface area contributed by atoms with Gasteiger partial charge in [0.1, 0.15) is 0 Å². The van der Waals surface area contributed by atoms with E-state index in [1.807, 2.05) is 0 Å². The van der Waals surface area contributed by atoms with Crippen LogP contribution in [-0.4, -0.2) is 9.08 Å². The molecule has 1 aromatic rings. The van der Waals surface area contributed by atoms with Crippen molar-refractivity contribution < 1.29 is 35.5 Å². The van der Waals surface area contributed by atoms with E-state index in [1.54, 1.807) is 12.1 Å². The van der Waals surface area contributed by atoms with Crippen molar-refractivity contribution in [3.63, 3.8) is 0 Å². The van der Waals surface area contributed by atoms with Gasteiger partial charge in [-0.1, -0.05) is 0 Å². The fourth-order valence-electron chi connectivity index (χ4n) is 0.708. The topological polar surface area (TPSA) is 37.3 Å². The van der Waals surface area contributed by atoms with E-state index in [9.17, 15) is 9.18 Å². The first-order chi connectivity index (χ1) is 5.68. The van der Waals surface area contributed by atoms with Crippen molar-refractivity contribution in [2.24, 2.45) is 0 Å². The summed E-state index contributed by atoms with van der Waals surface area (Å²) in [6.07, 6.45) is 0. The Hall–Kier alpha value is -0.650. The van der Waals surface area contributed by atoms with E-state index in [2.05, 4.69) is 0 Å². The molecule has 0 aliphatic heterocycles. The van der Waals surface area contributed by atoms with Crippen LogP contribution in [0.15, 0.2) is 24.3 Å². The number of halogens is 2. The normalized spacial score (nSPS) is 10.1. The Kier molecular flexibility index (Phi) is 3.46. The van der Waals surface area contributed by atoms with Crippen LogP contribution in [0.3, 0.4) is 0 Å². The average molecular weight is 281 g/mol. The fraction of sp³-hybridized carbons (Fsp3) is 0.125. The van der Waals surface area contributed by atoms with Gasteiger partial charge in [0.05, 0.1) is 0 Å². The van der Waals surface area contributed by atoms with Crippen LogP contribution in [0.4, 0.5) is 9.18 Å². The van der Waals surface area contributed by atoms with Gasteiger partial charge in [-0.3, -0.25) is 0 Å². The van der Waals surface area contributed by atoms with Crippen molar-refractivity contribution in [1.29, 1.82) is 0 Å². The maximum absolute atomic E-state index is 12.4. The first-order valence-corrected chi connectivity index (χ1v) is 5.85. The SMILES string of the molecule is O=C(O)[I-]Cc1ccc(F)cc1. The first-order valence-electron chi connectivity index (χ1n) is 3.25. The zero-order chi connectivity index (χ0) is 8.97. The van der Waals surface area contributed by atoms with E-state index in [0.29, 0.717) is 4.43 Å². The van der Waals surface area contributed by atoms with Crippen molar-refractivity contribution in [2.45, 2.75) is 4.43 Å². The Balaban J connectivity index is 2.53. The molecule has 2 nitrogen and oxygen atoms in total. The molecule has 0 fully saturated rings. The molecule has 0 saturated heterocycles. The maximum atomic E-state index is 12.4. The van der Waals surface area contributed by atoms with Crippen molar-refractivity contribution in [3.05, 3.63) is 35.6 Å². The number of rotatable bonds is 3. The van der Waals surface area contributed by atoms with Crippen LogP contribution in [0.2, 0.25) is 0 Å². The molecular weight excluding hydrogens is 274 g/mol. The molecule has 0 atom stereocenters. The number of carboxylic acid groups (broad SMARTS) is 1. The van der Waals surface area contributed by atoms with Gasteiger partial charge < -0.3 is 0 Å². The van der Waals surface area contributed by atoms with Crippen molar-refractivity contribution in [3.8, 4) is 0 Å². The molecule has 66 valence electrons. The summed E-state index contributed by atoms with van der Waals surface area (Å²) in [6, 6.07) is 5.94. The van der Waals surface area contributed by atoms with Crippen LogP contribution in [0.25, 0.3) is 0 Å². The summed E-state index contributed by atoms with van der Waals surface area (Å²) < 4.78 is 12.2. The second-order valence-corrected chi connectivity index (χ2v) is 4.60. The van der Waals surface area contributed by atoms with Crippen molar-refractivity contribution >= 4 is 3.98 Å². The van der Waals surface area contributed by atoms with Gasteiger partial charge >= 0.3 is 79.5 Å². The van der Waals surface area contributed by atoms with Crippen LogP contribution >= 0.6 is 0 Å². The number of hydrogen-bond donors (Lipinski definition) is 1. The fourth-order valence-corrected chi connectivity index (χ4v) is 1.98. The van der Waals surface area contributed by atoms with Crippen LogP contribution in [-0.2, 0) is 4.43 Å². The van der Waals surface area contributed by atoms with Crippen LogP contribution in [0, 0.1) is 5.82 Å². The zero-order valence-corrected chi connectivity index (χ0v) is 8.29. The second-order valence-electron chi connectivity index (χ2n) is 2.15. The second kappa shape index (κ2) is 4.39. The van der Waals surface area contributed by atoms with Gasteiger partial charge in [0.15, 0.2) is 0 Å². The molecule has 0 radical (unpaired) electrons. The Labute approximate surface area is 79.7 Å². The van der Waals surface area contributed by atoms with Gasteiger partial charge in [0.25, 0.3) is 0 Å². The van der Waals surface area contributed by atoms with Gasteiger partial charge in [-0.05, 0) is 0 Å². The summed E-state index contributed by atoms with van der Waals surface area (Å²) in [5.41, 5.74) is 0.895. The molecule has 0 heterocycles. The van der Waals surface area contributed by atoms with E-state index < -0.39 is 25.2 Å². The van der Waals surface area contributed by atoms with Gasteiger partial charge in [-0.25, -0.2) is 0 Å². The summed E-state index contributed by atoms with van der Waals surface area (Å²) in [7, 11) is 0. The molecule has 0 unspecified atom stereocenters. The average Bonchev–Trinajstić information content (AvgIpc) is 2.03. The van der Waals surface area contributed by atoms with Gasteiger partial charge in [-0.2, -0.15) is 0 Å². The van der Waals surface area contributed by atoms with Crippen molar-refractivity contribution in [1.82, 2.24) is 0 Å². The Morgan fingerprint density at radius 1 is 1.42 bits per heavy atom. The molecule has 1 aromatic carbocycles.